The molecule has 5 nitrogen and oxygen atoms in total. The Hall–Kier alpha value is -1.40. The number of aromatic nitrogens is 1. The van der Waals surface area contributed by atoms with E-state index in [1.807, 2.05) is 0 Å². The number of pyridine rings is 1. The van der Waals surface area contributed by atoms with Crippen molar-refractivity contribution in [2.24, 2.45) is 5.73 Å². The zero-order chi connectivity index (χ0) is 12.1. The lowest BCUT2D eigenvalue weighted by molar-refractivity contribution is -0.149. The number of carbonyl (C=O) groups is 1. The normalized spacial score (nSPS) is 13.4. The van der Waals surface area contributed by atoms with Gasteiger partial charge in [0.1, 0.15) is 5.82 Å². The Bertz CT molecular complexity index is 378. The molecule has 1 rings (SSSR count). The molecular formula is C10H15ClFN3O2. The second-order valence-electron chi connectivity index (χ2n) is 3.16. The van der Waals surface area contributed by atoms with Gasteiger partial charge in [-0.15, -0.1) is 12.4 Å². The van der Waals surface area contributed by atoms with Gasteiger partial charge in [-0.3, -0.25) is 0 Å². The third-order valence-electron chi connectivity index (χ3n) is 2.06. The summed E-state index contributed by atoms with van der Waals surface area (Å²) in [5.41, 5.74) is 11.4. The number of hydrogen-bond donors (Lipinski definition) is 2. The van der Waals surface area contributed by atoms with Gasteiger partial charge in [-0.05, 0) is 13.0 Å². The molecule has 0 saturated heterocycles. The Labute approximate surface area is 105 Å². The van der Waals surface area contributed by atoms with E-state index in [-0.39, 0.29) is 24.8 Å². The average Bonchev–Trinajstić information content (AvgIpc) is 2.28. The highest BCUT2D eigenvalue weighted by atomic mass is 35.5. The number of rotatable bonds is 4. The Balaban J connectivity index is 0.00000256. The van der Waals surface area contributed by atoms with Gasteiger partial charge in [0.2, 0.25) is 6.17 Å². The van der Waals surface area contributed by atoms with Crippen LogP contribution in [-0.4, -0.2) is 23.7 Å². The predicted molar refractivity (Wildman–Crippen MR) is 64.4 cm³/mol. The number of alkyl halides is 1. The summed E-state index contributed by atoms with van der Waals surface area (Å²) in [5, 5.41) is 0. The van der Waals surface area contributed by atoms with Crippen molar-refractivity contribution in [3.8, 4) is 0 Å². The molecule has 2 atom stereocenters. The molecule has 17 heavy (non-hydrogen) atoms. The summed E-state index contributed by atoms with van der Waals surface area (Å²) in [6, 6.07) is 1.94. The number of nitrogen functional groups attached to an aromatic ring is 1. The zero-order valence-electron chi connectivity index (χ0n) is 9.30. The Morgan fingerprint density at radius 3 is 2.82 bits per heavy atom. The minimum absolute atomic E-state index is 0. The van der Waals surface area contributed by atoms with Crippen molar-refractivity contribution < 1.29 is 13.9 Å². The van der Waals surface area contributed by atoms with E-state index < -0.39 is 18.2 Å². The van der Waals surface area contributed by atoms with Crippen LogP contribution >= 0.6 is 12.4 Å². The Kier molecular flexibility index (Phi) is 6.45. The van der Waals surface area contributed by atoms with Crippen molar-refractivity contribution in [3.63, 3.8) is 0 Å². The van der Waals surface area contributed by atoms with E-state index in [0.717, 1.165) is 0 Å². The van der Waals surface area contributed by atoms with E-state index in [4.69, 9.17) is 11.5 Å². The topological polar surface area (TPSA) is 91.2 Å². The summed E-state index contributed by atoms with van der Waals surface area (Å²) in [6.45, 7) is 1.70. The minimum Gasteiger partial charge on any atom is -0.464 e. The minimum atomic E-state index is -1.94. The number of nitrogens with zero attached hydrogens (tertiary/aromatic N) is 1. The summed E-state index contributed by atoms with van der Waals surface area (Å²) >= 11 is 0. The number of nitrogens with two attached hydrogens (primary N) is 2. The van der Waals surface area contributed by atoms with E-state index in [2.05, 4.69) is 9.72 Å². The smallest absolute Gasteiger partial charge is 0.342 e. The van der Waals surface area contributed by atoms with Crippen molar-refractivity contribution >= 4 is 24.2 Å². The van der Waals surface area contributed by atoms with Crippen LogP contribution in [0, 0.1) is 0 Å². The fourth-order valence-electron chi connectivity index (χ4n) is 1.24. The first kappa shape index (κ1) is 15.6. The number of anilines is 1. The number of halogens is 2. The van der Waals surface area contributed by atoms with Crippen LogP contribution in [0.25, 0.3) is 0 Å². The summed E-state index contributed by atoms with van der Waals surface area (Å²) in [5.74, 6) is -0.875. The molecule has 0 amide bonds. The lowest BCUT2D eigenvalue weighted by Gasteiger charge is -2.16. The summed E-state index contributed by atoms with van der Waals surface area (Å²) < 4.78 is 18.1. The van der Waals surface area contributed by atoms with Crippen molar-refractivity contribution in [3.05, 3.63) is 23.9 Å². The molecular weight excluding hydrogens is 249 g/mol. The quantitative estimate of drug-likeness (QED) is 0.791. The molecule has 7 heteroatoms. The Morgan fingerprint density at radius 1 is 1.65 bits per heavy atom. The van der Waals surface area contributed by atoms with E-state index in [1.165, 1.54) is 12.3 Å². The van der Waals surface area contributed by atoms with E-state index in [9.17, 15) is 9.18 Å². The average molecular weight is 264 g/mol. The number of ether oxygens (including phenoxy) is 1. The fraction of sp³-hybridized carbons (Fsp3) is 0.400. The van der Waals surface area contributed by atoms with Gasteiger partial charge < -0.3 is 16.2 Å². The highest BCUT2D eigenvalue weighted by Crippen LogP contribution is 2.21. The van der Waals surface area contributed by atoms with Gasteiger partial charge in [-0.25, -0.2) is 14.2 Å². The van der Waals surface area contributed by atoms with Gasteiger partial charge in [0.15, 0.2) is 0 Å². The maximum atomic E-state index is 13.6. The molecule has 0 bridgehead atoms. The molecule has 0 fully saturated rings. The van der Waals surface area contributed by atoms with Gasteiger partial charge in [0.05, 0.1) is 12.6 Å². The van der Waals surface area contributed by atoms with Crippen LogP contribution in [-0.2, 0) is 9.53 Å². The van der Waals surface area contributed by atoms with Crippen LogP contribution in [0.1, 0.15) is 18.5 Å². The highest BCUT2D eigenvalue weighted by Gasteiger charge is 2.29. The first-order valence-corrected chi connectivity index (χ1v) is 4.84. The fourth-order valence-corrected chi connectivity index (χ4v) is 1.24. The van der Waals surface area contributed by atoms with E-state index in [0.29, 0.717) is 5.56 Å². The molecule has 0 radical (unpaired) electrons. The second kappa shape index (κ2) is 7.03. The maximum absolute atomic E-state index is 13.6. The molecule has 1 aromatic heterocycles. The molecule has 0 aliphatic heterocycles. The van der Waals surface area contributed by atoms with Crippen LogP contribution < -0.4 is 11.5 Å². The molecule has 0 saturated carbocycles. The van der Waals surface area contributed by atoms with Gasteiger partial charge >= 0.3 is 5.97 Å². The molecule has 4 N–H and O–H groups in total. The number of esters is 1. The lowest BCUT2D eigenvalue weighted by Crippen LogP contribution is -2.32. The Morgan fingerprint density at radius 2 is 2.29 bits per heavy atom. The third kappa shape index (κ3) is 3.83. The maximum Gasteiger partial charge on any atom is 0.342 e. The van der Waals surface area contributed by atoms with E-state index >= 15 is 0 Å². The van der Waals surface area contributed by atoms with Crippen molar-refractivity contribution in [1.29, 1.82) is 0 Å². The van der Waals surface area contributed by atoms with Crippen molar-refractivity contribution in [2.45, 2.75) is 19.1 Å². The van der Waals surface area contributed by atoms with E-state index in [1.54, 1.807) is 13.0 Å². The summed E-state index contributed by atoms with van der Waals surface area (Å²) in [4.78, 5) is 14.9. The van der Waals surface area contributed by atoms with Crippen molar-refractivity contribution in [1.82, 2.24) is 4.98 Å². The summed E-state index contributed by atoms with van der Waals surface area (Å²) in [7, 11) is 0. The second-order valence-corrected chi connectivity index (χ2v) is 3.16. The zero-order valence-corrected chi connectivity index (χ0v) is 10.1. The first-order valence-electron chi connectivity index (χ1n) is 4.84. The van der Waals surface area contributed by atoms with Crippen LogP contribution in [0.3, 0.4) is 0 Å². The highest BCUT2D eigenvalue weighted by molar-refractivity contribution is 5.85. The number of carbonyl (C=O) groups excluding carboxylic acids is 1. The van der Waals surface area contributed by atoms with Gasteiger partial charge in [0, 0.05) is 11.8 Å². The predicted octanol–water partition coefficient (Wildman–Crippen LogP) is 0.987. The monoisotopic (exact) mass is 263 g/mol. The van der Waals surface area contributed by atoms with Gasteiger partial charge in [-0.2, -0.15) is 0 Å². The molecule has 1 aromatic rings. The third-order valence-corrected chi connectivity index (χ3v) is 2.06. The molecule has 96 valence electrons. The lowest BCUT2D eigenvalue weighted by atomic mass is 10.0. The molecule has 0 aromatic carbocycles. The molecule has 0 spiro atoms. The number of hydrogen-bond acceptors (Lipinski definition) is 5. The molecule has 0 aliphatic rings. The SMILES string of the molecule is CCOC(=O)C(F)[C@@H](N)c1cccnc1N.Cl. The van der Waals surface area contributed by atoms with Gasteiger partial charge in [-0.1, -0.05) is 6.07 Å². The molecule has 0 aliphatic carbocycles. The first-order chi connectivity index (χ1) is 7.57. The van der Waals surface area contributed by atoms with Crippen molar-refractivity contribution in [2.75, 3.05) is 12.3 Å². The van der Waals surface area contributed by atoms with Crippen LogP contribution in [0.4, 0.5) is 10.2 Å². The van der Waals surface area contributed by atoms with Crippen LogP contribution in [0.2, 0.25) is 0 Å². The van der Waals surface area contributed by atoms with Crippen LogP contribution in [0.5, 0.6) is 0 Å². The largest absolute Gasteiger partial charge is 0.464 e. The molecule has 1 unspecified atom stereocenters. The summed E-state index contributed by atoms with van der Waals surface area (Å²) in [6.07, 6.45) is -0.477. The molecule has 1 heterocycles. The van der Waals surface area contributed by atoms with Crippen LogP contribution in [0.15, 0.2) is 18.3 Å². The van der Waals surface area contributed by atoms with Gasteiger partial charge in [0.25, 0.3) is 0 Å². The standard InChI is InChI=1S/C10H14FN3O2.ClH/c1-2-16-10(15)7(11)8(12)6-4-3-5-14-9(6)13;/h3-5,7-8H,2,12H2,1H3,(H2,13,14);1H/t7?,8-;/m0./s1.